The van der Waals surface area contributed by atoms with Gasteiger partial charge in [-0.2, -0.15) is 0 Å². The molecular weight excluding hydrogens is 332 g/mol. The maximum absolute atomic E-state index is 12.9. The minimum atomic E-state index is -0.328. The van der Waals surface area contributed by atoms with Crippen LogP contribution in [0.1, 0.15) is 32.6 Å². The molecule has 0 radical (unpaired) electrons. The summed E-state index contributed by atoms with van der Waals surface area (Å²) in [7, 11) is 4.67. The number of aryl methyl sites for hydroxylation is 3. The maximum Gasteiger partial charge on any atom is 0.260 e. The van der Waals surface area contributed by atoms with Crippen LogP contribution < -0.4 is 14.8 Å². The van der Waals surface area contributed by atoms with E-state index in [1.54, 1.807) is 52.3 Å². The van der Waals surface area contributed by atoms with E-state index < -0.39 is 0 Å². The molecule has 0 fully saturated rings. The molecular formula is C20H24N2O4. The minimum absolute atomic E-state index is 0.239. The molecule has 2 aromatic rings. The molecule has 6 heteroatoms. The molecule has 1 amide bonds. The van der Waals surface area contributed by atoms with Crippen molar-refractivity contribution >= 4 is 11.7 Å². The monoisotopic (exact) mass is 356 g/mol. The average molecular weight is 356 g/mol. The Labute approximate surface area is 153 Å². The van der Waals surface area contributed by atoms with E-state index in [1.165, 1.54) is 7.11 Å². The van der Waals surface area contributed by atoms with Crippen LogP contribution >= 0.6 is 0 Å². The number of amides is 1. The second-order valence-corrected chi connectivity index (χ2v) is 6.01. The maximum atomic E-state index is 12.9. The normalized spacial score (nSPS) is 11.2. The number of nitrogens with one attached hydrogen (secondary N) is 1. The highest BCUT2D eigenvalue weighted by atomic mass is 16.5. The zero-order valence-corrected chi connectivity index (χ0v) is 15.9. The lowest BCUT2D eigenvalue weighted by molar-refractivity contribution is 0.0973. The van der Waals surface area contributed by atoms with E-state index in [0.717, 1.165) is 11.1 Å². The molecule has 6 nitrogen and oxygen atoms in total. The van der Waals surface area contributed by atoms with Crippen LogP contribution in [-0.2, 0) is 0 Å². The van der Waals surface area contributed by atoms with Gasteiger partial charge < -0.3 is 19.9 Å². The Balaban J connectivity index is 2.40. The molecule has 2 rings (SSSR count). The Morgan fingerprint density at radius 3 is 2.12 bits per heavy atom. The molecule has 0 aliphatic rings. The van der Waals surface area contributed by atoms with Crippen LogP contribution in [0.3, 0.4) is 0 Å². The van der Waals surface area contributed by atoms with Gasteiger partial charge in [0, 0.05) is 18.7 Å². The summed E-state index contributed by atoms with van der Waals surface area (Å²) in [6, 6.07) is 7.00. The summed E-state index contributed by atoms with van der Waals surface area (Å²) in [6.07, 6.45) is 0. The van der Waals surface area contributed by atoms with Gasteiger partial charge in [0.05, 0.1) is 19.8 Å². The Bertz CT molecular complexity index is 849. The predicted molar refractivity (Wildman–Crippen MR) is 102 cm³/mol. The fraction of sp³-hybridized carbons (Fsp3) is 0.300. The largest absolute Gasteiger partial charge is 0.507 e. The highest BCUT2D eigenvalue weighted by molar-refractivity contribution is 6.14. The van der Waals surface area contributed by atoms with Crippen molar-refractivity contribution in [1.82, 2.24) is 5.32 Å². The van der Waals surface area contributed by atoms with Crippen molar-refractivity contribution in [2.75, 3.05) is 21.3 Å². The number of nitrogens with zero attached hydrogens (tertiary/aromatic N) is 1. The van der Waals surface area contributed by atoms with Crippen LogP contribution in [0.5, 0.6) is 17.2 Å². The summed E-state index contributed by atoms with van der Waals surface area (Å²) in [4.78, 5) is 17.1. The van der Waals surface area contributed by atoms with E-state index in [0.29, 0.717) is 34.0 Å². The molecule has 0 saturated heterocycles. The van der Waals surface area contributed by atoms with Crippen molar-refractivity contribution in [3.63, 3.8) is 0 Å². The van der Waals surface area contributed by atoms with Crippen LogP contribution in [0.25, 0.3) is 0 Å². The number of ether oxygens (including phenoxy) is 2. The van der Waals surface area contributed by atoms with Crippen LogP contribution in [0.15, 0.2) is 29.3 Å². The third kappa shape index (κ3) is 3.79. The lowest BCUT2D eigenvalue weighted by Gasteiger charge is -2.15. The van der Waals surface area contributed by atoms with Crippen molar-refractivity contribution in [3.8, 4) is 17.2 Å². The Kier molecular flexibility index (Phi) is 5.87. The number of benzene rings is 2. The number of carbonyl (C=O) groups is 1. The Morgan fingerprint density at radius 1 is 1.00 bits per heavy atom. The standard InChI is InChI=1S/C20H24N2O4/c1-11-9-15(25-5)10-16(26-6)17(11)20(24)22-19(21-4)14-7-12(2)18(23)13(3)8-14/h7-10,23H,1-6H3,(H,21,22,24). The molecule has 2 N–H and O–H groups in total. The quantitative estimate of drug-likeness (QED) is 0.651. The molecule has 0 bridgehead atoms. The first-order valence-corrected chi connectivity index (χ1v) is 8.13. The molecule has 0 aromatic heterocycles. The van der Waals surface area contributed by atoms with Crippen LogP contribution in [0, 0.1) is 20.8 Å². The predicted octanol–water partition coefficient (Wildman–Crippen LogP) is 3.14. The first-order chi connectivity index (χ1) is 12.3. The van der Waals surface area contributed by atoms with E-state index in [-0.39, 0.29) is 11.7 Å². The number of methoxy groups -OCH3 is 2. The van der Waals surface area contributed by atoms with E-state index in [2.05, 4.69) is 10.3 Å². The van der Waals surface area contributed by atoms with Crippen molar-refractivity contribution < 1.29 is 19.4 Å². The molecule has 0 atom stereocenters. The summed E-state index contributed by atoms with van der Waals surface area (Å²) < 4.78 is 10.6. The first-order valence-electron chi connectivity index (χ1n) is 8.13. The minimum Gasteiger partial charge on any atom is -0.507 e. The zero-order valence-electron chi connectivity index (χ0n) is 15.9. The number of aliphatic imine (C=N–C) groups is 1. The number of hydrogen-bond acceptors (Lipinski definition) is 5. The van der Waals surface area contributed by atoms with Gasteiger partial charge in [0.25, 0.3) is 5.91 Å². The number of phenolic OH excluding ortho intramolecular Hbond substituents is 1. The van der Waals surface area contributed by atoms with E-state index in [9.17, 15) is 9.90 Å². The van der Waals surface area contributed by atoms with Gasteiger partial charge in [-0.15, -0.1) is 0 Å². The molecule has 2 aromatic carbocycles. The van der Waals surface area contributed by atoms with Crippen molar-refractivity contribution in [2.45, 2.75) is 20.8 Å². The van der Waals surface area contributed by atoms with Gasteiger partial charge >= 0.3 is 0 Å². The van der Waals surface area contributed by atoms with Crippen molar-refractivity contribution in [2.24, 2.45) is 4.99 Å². The number of hydrogen-bond donors (Lipinski definition) is 2. The number of carbonyl (C=O) groups excluding carboxylic acids is 1. The van der Waals surface area contributed by atoms with Crippen molar-refractivity contribution in [1.29, 1.82) is 0 Å². The van der Waals surface area contributed by atoms with Crippen LogP contribution in [0.2, 0.25) is 0 Å². The molecule has 0 heterocycles. The third-order valence-corrected chi connectivity index (χ3v) is 4.18. The second-order valence-electron chi connectivity index (χ2n) is 6.01. The van der Waals surface area contributed by atoms with Crippen LogP contribution in [-0.4, -0.2) is 38.1 Å². The van der Waals surface area contributed by atoms with Gasteiger partial charge in [0.2, 0.25) is 0 Å². The zero-order chi connectivity index (χ0) is 19.4. The molecule has 138 valence electrons. The number of phenols is 1. The summed E-state index contributed by atoms with van der Waals surface area (Å²) >= 11 is 0. The Hall–Kier alpha value is -3.02. The summed E-state index contributed by atoms with van der Waals surface area (Å²) in [6.45, 7) is 5.42. The number of rotatable bonds is 4. The highest BCUT2D eigenvalue weighted by Gasteiger charge is 2.19. The summed E-state index contributed by atoms with van der Waals surface area (Å²) in [5.41, 5.74) is 3.30. The topological polar surface area (TPSA) is 80.2 Å². The lowest BCUT2D eigenvalue weighted by Crippen LogP contribution is -2.32. The van der Waals surface area contributed by atoms with E-state index in [1.807, 2.05) is 6.92 Å². The first kappa shape index (κ1) is 19.3. The summed E-state index contributed by atoms with van der Waals surface area (Å²) in [5, 5.41) is 12.8. The van der Waals surface area contributed by atoms with Gasteiger partial charge in [-0.1, -0.05) is 0 Å². The smallest absolute Gasteiger partial charge is 0.260 e. The second kappa shape index (κ2) is 7.91. The van der Waals surface area contributed by atoms with Crippen LogP contribution in [0.4, 0.5) is 0 Å². The lowest BCUT2D eigenvalue weighted by atomic mass is 10.0. The van der Waals surface area contributed by atoms with Gasteiger partial charge in [-0.3, -0.25) is 9.79 Å². The van der Waals surface area contributed by atoms with Gasteiger partial charge in [0.15, 0.2) is 0 Å². The van der Waals surface area contributed by atoms with Gasteiger partial charge in [0.1, 0.15) is 23.1 Å². The third-order valence-electron chi connectivity index (χ3n) is 4.18. The molecule has 0 aliphatic heterocycles. The fourth-order valence-electron chi connectivity index (χ4n) is 2.81. The molecule has 0 spiro atoms. The van der Waals surface area contributed by atoms with Gasteiger partial charge in [-0.05, 0) is 55.7 Å². The Morgan fingerprint density at radius 2 is 1.62 bits per heavy atom. The van der Waals surface area contributed by atoms with Crippen molar-refractivity contribution in [3.05, 3.63) is 52.1 Å². The molecule has 0 saturated carbocycles. The SMILES string of the molecule is CN=C(NC(=O)c1c(C)cc(OC)cc1OC)c1cc(C)c(O)c(C)c1. The average Bonchev–Trinajstić information content (AvgIpc) is 2.62. The summed E-state index contributed by atoms with van der Waals surface area (Å²) in [5.74, 6) is 1.37. The number of aromatic hydroxyl groups is 1. The van der Waals surface area contributed by atoms with E-state index >= 15 is 0 Å². The fourth-order valence-corrected chi connectivity index (χ4v) is 2.81. The number of amidine groups is 1. The highest BCUT2D eigenvalue weighted by Crippen LogP contribution is 2.28. The molecule has 0 unspecified atom stereocenters. The molecule has 26 heavy (non-hydrogen) atoms. The van der Waals surface area contributed by atoms with E-state index in [4.69, 9.17) is 9.47 Å². The molecule has 0 aliphatic carbocycles. The van der Waals surface area contributed by atoms with Gasteiger partial charge in [-0.25, -0.2) is 0 Å².